The highest BCUT2D eigenvalue weighted by molar-refractivity contribution is 5.41. The fourth-order valence-corrected chi connectivity index (χ4v) is 1.77. The summed E-state index contributed by atoms with van der Waals surface area (Å²) in [5.41, 5.74) is 6.96. The zero-order valence-electron chi connectivity index (χ0n) is 7.83. The molecule has 1 aromatic heterocycles. The number of nitrogen functional groups attached to an aromatic ring is 1. The van der Waals surface area contributed by atoms with E-state index in [-0.39, 0.29) is 0 Å². The van der Waals surface area contributed by atoms with Crippen LogP contribution in [0.25, 0.3) is 0 Å². The van der Waals surface area contributed by atoms with Gasteiger partial charge in [0.05, 0.1) is 0 Å². The minimum Gasteiger partial charge on any atom is -0.383 e. The Hall–Kier alpha value is -1.09. The van der Waals surface area contributed by atoms with E-state index in [2.05, 4.69) is 16.4 Å². The molecule has 1 fully saturated rings. The largest absolute Gasteiger partial charge is 0.383 e. The van der Waals surface area contributed by atoms with Crippen molar-refractivity contribution in [1.82, 2.24) is 10.3 Å². The normalized spacial score (nSPS) is 18.5. The lowest BCUT2D eigenvalue weighted by atomic mass is 10.0. The molecule has 70 valence electrons. The standard InChI is InChI=1S/C10H15N3/c1-12-9(7-4-5-7)8-3-2-6-13-10(8)11/h2-3,6-7,9,12H,4-5H2,1H3,(H2,11,13). The maximum atomic E-state index is 5.81. The van der Waals surface area contributed by atoms with Crippen LogP contribution in [-0.2, 0) is 0 Å². The predicted molar refractivity (Wildman–Crippen MR) is 53.2 cm³/mol. The topological polar surface area (TPSA) is 50.9 Å². The van der Waals surface area contributed by atoms with Gasteiger partial charge in [-0.1, -0.05) is 6.07 Å². The van der Waals surface area contributed by atoms with E-state index in [0.29, 0.717) is 11.9 Å². The highest BCUT2D eigenvalue weighted by Crippen LogP contribution is 2.41. The minimum atomic E-state index is 0.397. The van der Waals surface area contributed by atoms with Gasteiger partial charge in [-0.25, -0.2) is 4.98 Å². The Bertz CT molecular complexity index is 294. The summed E-state index contributed by atoms with van der Waals surface area (Å²) in [6, 6.07) is 4.40. The van der Waals surface area contributed by atoms with Crippen molar-refractivity contribution in [2.75, 3.05) is 12.8 Å². The Balaban J connectivity index is 2.26. The average molecular weight is 177 g/mol. The first-order valence-electron chi connectivity index (χ1n) is 4.70. The van der Waals surface area contributed by atoms with Crippen molar-refractivity contribution in [1.29, 1.82) is 0 Å². The van der Waals surface area contributed by atoms with E-state index in [4.69, 9.17) is 5.73 Å². The van der Waals surface area contributed by atoms with Gasteiger partial charge >= 0.3 is 0 Å². The second-order valence-electron chi connectivity index (χ2n) is 3.58. The summed E-state index contributed by atoms with van der Waals surface area (Å²) in [7, 11) is 1.98. The van der Waals surface area contributed by atoms with E-state index < -0.39 is 0 Å². The van der Waals surface area contributed by atoms with Crippen molar-refractivity contribution >= 4 is 5.82 Å². The smallest absolute Gasteiger partial charge is 0.128 e. The summed E-state index contributed by atoms with van der Waals surface area (Å²) in [6.07, 6.45) is 4.35. The number of nitrogens with one attached hydrogen (secondary N) is 1. The predicted octanol–water partition coefficient (Wildman–Crippen LogP) is 1.33. The van der Waals surface area contributed by atoms with Gasteiger partial charge in [0.25, 0.3) is 0 Å². The lowest BCUT2D eigenvalue weighted by Crippen LogP contribution is -2.19. The van der Waals surface area contributed by atoms with E-state index in [1.54, 1.807) is 6.20 Å². The van der Waals surface area contributed by atoms with E-state index in [1.165, 1.54) is 12.8 Å². The molecule has 0 aromatic carbocycles. The third-order valence-electron chi connectivity index (χ3n) is 2.61. The second kappa shape index (κ2) is 3.34. The Morgan fingerprint density at radius 3 is 2.92 bits per heavy atom. The number of nitrogens with zero attached hydrogens (tertiary/aromatic N) is 1. The van der Waals surface area contributed by atoms with Crippen LogP contribution in [0.5, 0.6) is 0 Å². The molecule has 1 heterocycles. The molecule has 0 aliphatic heterocycles. The third kappa shape index (κ3) is 1.65. The van der Waals surface area contributed by atoms with Crippen LogP contribution in [-0.4, -0.2) is 12.0 Å². The highest BCUT2D eigenvalue weighted by atomic mass is 14.9. The van der Waals surface area contributed by atoms with Gasteiger partial charge in [0.1, 0.15) is 5.82 Å². The molecule has 1 aromatic rings. The van der Waals surface area contributed by atoms with Crippen molar-refractivity contribution in [3.8, 4) is 0 Å². The molecule has 0 amide bonds. The van der Waals surface area contributed by atoms with Gasteiger partial charge in [-0.3, -0.25) is 0 Å². The van der Waals surface area contributed by atoms with Gasteiger partial charge in [0.2, 0.25) is 0 Å². The molecular weight excluding hydrogens is 162 g/mol. The molecule has 3 nitrogen and oxygen atoms in total. The van der Waals surface area contributed by atoms with Crippen LogP contribution in [0.3, 0.4) is 0 Å². The fourth-order valence-electron chi connectivity index (χ4n) is 1.77. The summed E-state index contributed by atoms with van der Waals surface area (Å²) in [6.45, 7) is 0. The number of hydrogen-bond acceptors (Lipinski definition) is 3. The van der Waals surface area contributed by atoms with Gasteiger partial charge in [-0.15, -0.1) is 0 Å². The first kappa shape index (κ1) is 8.51. The number of nitrogens with two attached hydrogens (primary N) is 1. The van der Waals surface area contributed by atoms with Gasteiger partial charge in [0, 0.05) is 17.8 Å². The van der Waals surface area contributed by atoms with Gasteiger partial charge in [0.15, 0.2) is 0 Å². The molecule has 2 rings (SSSR count). The Morgan fingerprint density at radius 2 is 2.38 bits per heavy atom. The Labute approximate surface area is 78.4 Å². The van der Waals surface area contributed by atoms with Crippen molar-refractivity contribution in [3.05, 3.63) is 23.9 Å². The molecule has 0 radical (unpaired) electrons. The summed E-state index contributed by atoms with van der Waals surface area (Å²) in [5, 5.41) is 3.30. The van der Waals surface area contributed by atoms with Crippen LogP contribution < -0.4 is 11.1 Å². The molecule has 0 bridgehead atoms. The van der Waals surface area contributed by atoms with Crippen LogP contribution in [0.4, 0.5) is 5.82 Å². The second-order valence-corrected chi connectivity index (χ2v) is 3.58. The first-order valence-corrected chi connectivity index (χ1v) is 4.70. The molecule has 1 aliphatic rings. The van der Waals surface area contributed by atoms with E-state index in [0.717, 1.165) is 11.5 Å². The molecule has 13 heavy (non-hydrogen) atoms. The molecule has 1 unspecified atom stereocenters. The lowest BCUT2D eigenvalue weighted by molar-refractivity contribution is 0.529. The maximum Gasteiger partial charge on any atom is 0.128 e. The zero-order valence-corrected chi connectivity index (χ0v) is 7.83. The average Bonchev–Trinajstić information content (AvgIpc) is 2.93. The number of hydrogen-bond donors (Lipinski definition) is 2. The quantitative estimate of drug-likeness (QED) is 0.732. The molecule has 3 N–H and O–H groups in total. The molecule has 0 saturated heterocycles. The Kier molecular flexibility index (Phi) is 2.19. The molecule has 1 atom stereocenters. The van der Waals surface area contributed by atoms with Crippen molar-refractivity contribution in [2.45, 2.75) is 18.9 Å². The van der Waals surface area contributed by atoms with Crippen molar-refractivity contribution in [3.63, 3.8) is 0 Å². The number of aromatic nitrogens is 1. The fraction of sp³-hybridized carbons (Fsp3) is 0.500. The molecule has 0 spiro atoms. The Morgan fingerprint density at radius 1 is 1.62 bits per heavy atom. The summed E-state index contributed by atoms with van der Waals surface area (Å²) >= 11 is 0. The SMILES string of the molecule is CNC(c1cccnc1N)C1CC1. The van der Waals surface area contributed by atoms with Gasteiger partial charge in [-0.2, -0.15) is 0 Å². The summed E-state index contributed by atoms with van der Waals surface area (Å²) < 4.78 is 0. The maximum absolute atomic E-state index is 5.81. The van der Waals surface area contributed by atoms with E-state index >= 15 is 0 Å². The van der Waals surface area contributed by atoms with Crippen LogP contribution in [0, 0.1) is 5.92 Å². The third-order valence-corrected chi connectivity index (χ3v) is 2.61. The number of pyridine rings is 1. The number of anilines is 1. The summed E-state index contributed by atoms with van der Waals surface area (Å²) in [4.78, 5) is 4.10. The minimum absolute atomic E-state index is 0.397. The van der Waals surface area contributed by atoms with Crippen LogP contribution in [0.1, 0.15) is 24.4 Å². The van der Waals surface area contributed by atoms with Crippen LogP contribution >= 0.6 is 0 Å². The van der Waals surface area contributed by atoms with Crippen molar-refractivity contribution in [2.24, 2.45) is 5.92 Å². The van der Waals surface area contributed by atoms with E-state index in [9.17, 15) is 0 Å². The summed E-state index contributed by atoms with van der Waals surface area (Å²) in [5.74, 6) is 1.42. The van der Waals surface area contributed by atoms with Gasteiger partial charge < -0.3 is 11.1 Å². The van der Waals surface area contributed by atoms with Gasteiger partial charge in [-0.05, 0) is 31.9 Å². The van der Waals surface area contributed by atoms with E-state index in [1.807, 2.05) is 13.1 Å². The molecule has 1 aliphatic carbocycles. The highest BCUT2D eigenvalue weighted by Gasteiger charge is 2.32. The molecule has 1 saturated carbocycles. The monoisotopic (exact) mass is 177 g/mol. The lowest BCUT2D eigenvalue weighted by Gasteiger charge is -2.16. The molecular formula is C10H15N3. The first-order chi connectivity index (χ1) is 6.33. The van der Waals surface area contributed by atoms with Crippen molar-refractivity contribution < 1.29 is 0 Å². The molecule has 3 heteroatoms. The number of rotatable bonds is 3. The zero-order chi connectivity index (χ0) is 9.26. The van der Waals surface area contributed by atoms with Crippen LogP contribution in [0.2, 0.25) is 0 Å². The van der Waals surface area contributed by atoms with Crippen LogP contribution in [0.15, 0.2) is 18.3 Å².